The molecule has 3 nitrogen and oxygen atoms in total. The molecule has 0 aliphatic carbocycles. The summed E-state index contributed by atoms with van der Waals surface area (Å²) in [5, 5.41) is 0. The van der Waals surface area contributed by atoms with E-state index in [2.05, 4.69) is 35.6 Å². The van der Waals surface area contributed by atoms with Gasteiger partial charge < -0.3 is 0 Å². The molecular weight excluding hydrogens is 188 g/mol. The molecule has 0 atom stereocenters. The maximum atomic E-state index is 5.17. The Labute approximate surface area is 91.1 Å². The fraction of sp³-hybridized carbons (Fsp3) is 0.417. The number of benzene rings is 1. The normalized spacial score (nSPS) is 16.1. The molecule has 0 fully saturated rings. The maximum Gasteiger partial charge on any atom is 0.152 e. The van der Waals surface area contributed by atoms with Crippen molar-refractivity contribution in [2.75, 3.05) is 7.05 Å². The van der Waals surface area contributed by atoms with Crippen LogP contribution in [0.15, 0.2) is 23.2 Å². The van der Waals surface area contributed by atoms with Gasteiger partial charge in [-0.3, -0.25) is 9.83 Å². The van der Waals surface area contributed by atoms with Crippen molar-refractivity contribution >= 4 is 5.84 Å². The molecule has 0 saturated heterocycles. The third-order valence-electron chi connectivity index (χ3n) is 2.14. The molecule has 1 heterocycles. The van der Waals surface area contributed by atoms with E-state index < -0.39 is 0 Å². The number of hydroxylamine groups is 1. The van der Waals surface area contributed by atoms with Gasteiger partial charge in [0.25, 0.3) is 0 Å². The predicted octanol–water partition coefficient (Wildman–Crippen LogP) is 2.43. The van der Waals surface area contributed by atoms with Crippen LogP contribution in [0.1, 0.15) is 30.5 Å². The van der Waals surface area contributed by atoms with Crippen LogP contribution in [0.5, 0.6) is 0 Å². The van der Waals surface area contributed by atoms with E-state index in [1.807, 2.05) is 13.8 Å². The molecule has 1 aliphatic heterocycles. The van der Waals surface area contributed by atoms with Crippen molar-refractivity contribution in [3.63, 3.8) is 0 Å². The molecule has 1 aromatic carbocycles. The summed E-state index contributed by atoms with van der Waals surface area (Å²) in [7, 11) is 1.75. The van der Waals surface area contributed by atoms with Gasteiger partial charge >= 0.3 is 0 Å². The molecule has 2 rings (SSSR count). The van der Waals surface area contributed by atoms with Crippen molar-refractivity contribution in [2.24, 2.45) is 4.99 Å². The van der Waals surface area contributed by atoms with Gasteiger partial charge in [-0.15, -0.1) is 0 Å². The summed E-state index contributed by atoms with van der Waals surface area (Å²) in [6.45, 7) is 6.68. The summed E-state index contributed by atoms with van der Waals surface area (Å²) in [5.41, 5.74) is 6.38. The fourth-order valence-corrected chi connectivity index (χ4v) is 1.48. The predicted molar refractivity (Wildman–Crippen MR) is 62.9 cm³/mol. The van der Waals surface area contributed by atoms with Gasteiger partial charge in [0.2, 0.25) is 0 Å². The Morgan fingerprint density at radius 3 is 2.73 bits per heavy atom. The highest BCUT2D eigenvalue weighted by atomic mass is 16.6. The van der Waals surface area contributed by atoms with Crippen molar-refractivity contribution in [3.8, 4) is 0 Å². The summed E-state index contributed by atoms with van der Waals surface area (Å²) < 4.78 is 0. The third kappa shape index (κ3) is 2.57. The molecule has 0 amide bonds. The molecule has 82 valence electrons. The molecule has 0 aromatic heterocycles. The van der Waals surface area contributed by atoms with Gasteiger partial charge in [-0.05, 0) is 12.5 Å². The summed E-state index contributed by atoms with van der Waals surface area (Å²) in [5.74, 6) is 0.807. The highest BCUT2D eigenvalue weighted by Gasteiger charge is 2.14. The second-order valence-corrected chi connectivity index (χ2v) is 3.12. The van der Waals surface area contributed by atoms with Gasteiger partial charge in [0.1, 0.15) is 6.61 Å². The summed E-state index contributed by atoms with van der Waals surface area (Å²) in [4.78, 5) is 9.27. The minimum absolute atomic E-state index is 0.607. The number of hydrogen-bond acceptors (Lipinski definition) is 2. The Morgan fingerprint density at radius 2 is 2.07 bits per heavy atom. The van der Waals surface area contributed by atoms with E-state index in [0.29, 0.717) is 6.61 Å². The van der Waals surface area contributed by atoms with Gasteiger partial charge in [0.05, 0.1) is 0 Å². The van der Waals surface area contributed by atoms with E-state index in [1.54, 1.807) is 7.05 Å². The lowest BCUT2D eigenvalue weighted by Crippen LogP contribution is -2.30. The van der Waals surface area contributed by atoms with Crippen molar-refractivity contribution in [1.82, 2.24) is 5.48 Å². The van der Waals surface area contributed by atoms with Crippen LogP contribution in [0.4, 0.5) is 0 Å². The maximum absolute atomic E-state index is 5.17. The van der Waals surface area contributed by atoms with Gasteiger partial charge in [-0.25, -0.2) is 5.48 Å². The number of hydrogen-bond donors (Lipinski definition) is 1. The smallest absolute Gasteiger partial charge is 0.152 e. The zero-order chi connectivity index (χ0) is 11.3. The first-order chi connectivity index (χ1) is 7.31. The van der Waals surface area contributed by atoms with E-state index >= 15 is 0 Å². The van der Waals surface area contributed by atoms with Gasteiger partial charge in [0, 0.05) is 12.6 Å². The number of nitrogens with one attached hydrogen (secondary N) is 1. The third-order valence-corrected chi connectivity index (χ3v) is 2.14. The second-order valence-electron chi connectivity index (χ2n) is 3.12. The zero-order valence-electron chi connectivity index (χ0n) is 9.79. The van der Waals surface area contributed by atoms with E-state index in [-0.39, 0.29) is 0 Å². The Morgan fingerprint density at radius 1 is 1.33 bits per heavy atom. The van der Waals surface area contributed by atoms with Crippen molar-refractivity contribution in [2.45, 2.75) is 27.4 Å². The second kappa shape index (κ2) is 5.51. The first kappa shape index (κ1) is 11.7. The number of rotatable bonds is 0. The van der Waals surface area contributed by atoms with Gasteiger partial charge in [-0.2, -0.15) is 0 Å². The van der Waals surface area contributed by atoms with E-state index in [0.717, 1.165) is 11.4 Å². The lowest BCUT2D eigenvalue weighted by atomic mass is 10.0. The fourth-order valence-electron chi connectivity index (χ4n) is 1.48. The number of nitrogens with zero attached hydrogens (tertiary/aromatic N) is 1. The topological polar surface area (TPSA) is 33.6 Å². The summed E-state index contributed by atoms with van der Waals surface area (Å²) in [6.07, 6.45) is 0. The number of aliphatic imine (C=N–C) groups is 1. The first-order valence-corrected chi connectivity index (χ1v) is 5.26. The Hall–Kier alpha value is -1.35. The molecule has 0 unspecified atom stereocenters. The minimum Gasteiger partial charge on any atom is -0.270 e. The average molecular weight is 206 g/mol. The largest absolute Gasteiger partial charge is 0.270 e. The van der Waals surface area contributed by atoms with E-state index in [9.17, 15) is 0 Å². The van der Waals surface area contributed by atoms with Crippen LogP contribution < -0.4 is 5.48 Å². The monoisotopic (exact) mass is 206 g/mol. The molecule has 1 aromatic rings. The highest BCUT2D eigenvalue weighted by Crippen LogP contribution is 2.16. The first-order valence-electron chi connectivity index (χ1n) is 5.26. The van der Waals surface area contributed by atoms with Gasteiger partial charge in [0.15, 0.2) is 5.84 Å². The molecule has 15 heavy (non-hydrogen) atoms. The Kier molecular flexibility index (Phi) is 4.31. The van der Waals surface area contributed by atoms with Crippen LogP contribution in [0.3, 0.4) is 0 Å². The quantitative estimate of drug-likeness (QED) is 0.707. The van der Waals surface area contributed by atoms with Gasteiger partial charge in [-0.1, -0.05) is 37.6 Å². The van der Waals surface area contributed by atoms with Crippen LogP contribution in [-0.4, -0.2) is 12.9 Å². The van der Waals surface area contributed by atoms with Crippen LogP contribution in [0, 0.1) is 6.92 Å². The summed E-state index contributed by atoms with van der Waals surface area (Å²) in [6, 6.07) is 6.28. The van der Waals surface area contributed by atoms with Crippen LogP contribution in [0.25, 0.3) is 0 Å². The van der Waals surface area contributed by atoms with Crippen molar-refractivity contribution in [1.29, 1.82) is 0 Å². The standard InChI is InChI=1S/C10H12N2O.C2H6/c1-7-3-4-9-8(5-7)6-13-12-10(9)11-2;1-2/h3-5H,6H2,1-2H3,(H,11,12);1-2H3. The lowest BCUT2D eigenvalue weighted by molar-refractivity contribution is 0.0651. The molecule has 1 N–H and O–H groups in total. The molecule has 0 saturated carbocycles. The highest BCUT2D eigenvalue weighted by molar-refractivity contribution is 5.99. The molecule has 3 heteroatoms. The number of amidine groups is 1. The molecule has 0 spiro atoms. The Balaban J connectivity index is 0.000000531. The SMILES string of the molecule is CC.CN=C1NOCc2cc(C)ccc21. The average Bonchev–Trinajstić information content (AvgIpc) is 2.30. The zero-order valence-corrected chi connectivity index (χ0v) is 9.79. The van der Waals surface area contributed by atoms with E-state index in [1.165, 1.54) is 11.1 Å². The molecule has 0 bridgehead atoms. The van der Waals surface area contributed by atoms with Crippen molar-refractivity contribution < 1.29 is 4.84 Å². The van der Waals surface area contributed by atoms with Crippen LogP contribution in [0.2, 0.25) is 0 Å². The van der Waals surface area contributed by atoms with Crippen LogP contribution >= 0.6 is 0 Å². The number of aryl methyl sites for hydroxylation is 1. The van der Waals surface area contributed by atoms with Crippen molar-refractivity contribution in [3.05, 3.63) is 34.9 Å². The number of fused-ring (bicyclic) bond motifs is 1. The lowest BCUT2D eigenvalue weighted by Gasteiger charge is -2.19. The Bertz CT molecular complexity index is 359. The molecule has 0 radical (unpaired) electrons. The van der Waals surface area contributed by atoms with Crippen LogP contribution in [-0.2, 0) is 11.4 Å². The van der Waals surface area contributed by atoms with E-state index in [4.69, 9.17) is 4.84 Å². The summed E-state index contributed by atoms with van der Waals surface area (Å²) >= 11 is 0. The molecule has 1 aliphatic rings. The molecular formula is C12H18N2O. The minimum atomic E-state index is 0.607.